The summed E-state index contributed by atoms with van der Waals surface area (Å²) in [5.41, 5.74) is 4.61. The maximum Gasteiger partial charge on any atom is 0.262 e. The Bertz CT molecular complexity index is 795. The number of aromatic amines is 2. The average Bonchev–Trinajstić information content (AvgIpc) is 2.99. The van der Waals surface area contributed by atoms with Crippen LogP contribution in [0.4, 0.5) is 5.95 Å². The number of nitrogens with zero attached hydrogens (tertiary/aromatic N) is 4. The van der Waals surface area contributed by atoms with Crippen LogP contribution in [0.15, 0.2) is 29.5 Å². The number of nitrogens with two attached hydrogens (primary N) is 1. The van der Waals surface area contributed by atoms with Crippen molar-refractivity contribution in [1.82, 2.24) is 25.1 Å². The predicted octanol–water partition coefficient (Wildman–Crippen LogP) is 0.977. The lowest BCUT2D eigenvalue weighted by molar-refractivity contribution is 0.971. The van der Waals surface area contributed by atoms with Crippen molar-refractivity contribution in [3.05, 3.63) is 34.7 Å². The summed E-state index contributed by atoms with van der Waals surface area (Å²) < 4.78 is 1.52. The second-order valence-electron chi connectivity index (χ2n) is 3.81. The molecule has 0 unspecified atom stereocenters. The Balaban J connectivity index is 1.78. The van der Waals surface area contributed by atoms with E-state index < -0.39 is 0 Å². The smallest absolute Gasteiger partial charge is 0.262 e. The van der Waals surface area contributed by atoms with E-state index >= 15 is 0 Å². The fourth-order valence-electron chi connectivity index (χ4n) is 1.59. The largest absolute Gasteiger partial charge is 0.334 e. The SMILES string of the molecule is Nn1c(N/N=C/c2ccc3[nH]ncc3c2)n[nH]c1=S. The zero-order valence-corrected chi connectivity index (χ0v) is 10.5. The normalized spacial score (nSPS) is 11.4. The van der Waals surface area contributed by atoms with Gasteiger partial charge in [-0.2, -0.15) is 14.9 Å². The van der Waals surface area contributed by atoms with Gasteiger partial charge in [-0.1, -0.05) is 6.07 Å². The van der Waals surface area contributed by atoms with E-state index in [1.807, 2.05) is 18.2 Å². The number of rotatable bonds is 3. The molecule has 2 heterocycles. The number of fused-ring (bicyclic) bond motifs is 1. The minimum atomic E-state index is 0.317. The van der Waals surface area contributed by atoms with Crippen molar-refractivity contribution in [2.45, 2.75) is 0 Å². The highest BCUT2D eigenvalue weighted by molar-refractivity contribution is 7.71. The summed E-state index contributed by atoms with van der Waals surface area (Å²) in [6.45, 7) is 0. The summed E-state index contributed by atoms with van der Waals surface area (Å²) in [5.74, 6) is 5.95. The Morgan fingerprint density at radius 2 is 2.32 bits per heavy atom. The van der Waals surface area contributed by atoms with E-state index in [0.717, 1.165) is 16.5 Å². The van der Waals surface area contributed by atoms with E-state index in [2.05, 4.69) is 30.9 Å². The lowest BCUT2D eigenvalue weighted by atomic mass is 10.2. The number of aromatic nitrogens is 5. The van der Waals surface area contributed by atoms with Crippen LogP contribution >= 0.6 is 12.2 Å². The van der Waals surface area contributed by atoms with E-state index in [9.17, 15) is 0 Å². The number of hydrazone groups is 1. The highest BCUT2D eigenvalue weighted by atomic mass is 32.1. The number of nitrogen functional groups attached to an aromatic ring is 1. The third kappa shape index (κ3) is 2.18. The second kappa shape index (κ2) is 4.53. The average molecular weight is 274 g/mol. The second-order valence-corrected chi connectivity index (χ2v) is 4.20. The highest BCUT2D eigenvalue weighted by Crippen LogP contribution is 2.11. The molecule has 0 fully saturated rings. The molecule has 0 spiro atoms. The molecule has 0 radical (unpaired) electrons. The van der Waals surface area contributed by atoms with Gasteiger partial charge in [-0.15, -0.1) is 5.10 Å². The molecule has 0 aliphatic carbocycles. The molecule has 0 bridgehead atoms. The first kappa shape index (κ1) is 11.4. The van der Waals surface area contributed by atoms with Gasteiger partial charge in [0.2, 0.25) is 4.77 Å². The van der Waals surface area contributed by atoms with Crippen LogP contribution in [-0.4, -0.2) is 31.3 Å². The van der Waals surface area contributed by atoms with Crippen LogP contribution in [0.2, 0.25) is 0 Å². The van der Waals surface area contributed by atoms with Gasteiger partial charge in [0.25, 0.3) is 5.95 Å². The van der Waals surface area contributed by atoms with Crippen LogP contribution in [0, 0.1) is 4.77 Å². The Hall–Kier alpha value is -2.68. The van der Waals surface area contributed by atoms with Gasteiger partial charge in [0, 0.05) is 5.39 Å². The molecule has 96 valence electrons. The van der Waals surface area contributed by atoms with Crippen molar-refractivity contribution in [3.63, 3.8) is 0 Å². The van der Waals surface area contributed by atoms with E-state index in [4.69, 9.17) is 18.1 Å². The first-order valence-corrected chi connectivity index (χ1v) is 5.79. The molecular formula is C10H10N8S. The molecular weight excluding hydrogens is 264 g/mol. The first-order valence-electron chi connectivity index (χ1n) is 5.39. The molecule has 0 saturated carbocycles. The lowest BCUT2D eigenvalue weighted by Gasteiger charge is -1.98. The van der Waals surface area contributed by atoms with Crippen molar-refractivity contribution in [1.29, 1.82) is 0 Å². The van der Waals surface area contributed by atoms with Gasteiger partial charge in [-0.25, -0.2) is 10.5 Å². The number of anilines is 1. The predicted molar refractivity (Wildman–Crippen MR) is 74.9 cm³/mol. The Kier molecular flexibility index (Phi) is 2.72. The first-order chi connectivity index (χ1) is 9.24. The number of benzene rings is 1. The Morgan fingerprint density at radius 3 is 3.11 bits per heavy atom. The molecule has 0 atom stereocenters. The molecule has 0 saturated heterocycles. The van der Waals surface area contributed by atoms with Crippen LogP contribution in [0.25, 0.3) is 10.9 Å². The van der Waals surface area contributed by atoms with E-state index in [1.54, 1.807) is 12.4 Å². The summed E-state index contributed by atoms with van der Waals surface area (Å²) >= 11 is 4.88. The van der Waals surface area contributed by atoms with Gasteiger partial charge < -0.3 is 5.84 Å². The van der Waals surface area contributed by atoms with Crippen LogP contribution in [0.3, 0.4) is 0 Å². The molecule has 19 heavy (non-hydrogen) atoms. The number of H-pyrrole nitrogens is 2. The Labute approximate surface area is 112 Å². The summed E-state index contributed by atoms with van der Waals surface area (Å²) in [6.07, 6.45) is 3.41. The highest BCUT2D eigenvalue weighted by Gasteiger charge is 1.99. The summed E-state index contributed by atoms with van der Waals surface area (Å²) in [5, 5.41) is 18.3. The molecule has 0 amide bonds. The van der Waals surface area contributed by atoms with Gasteiger partial charge in [-0.05, 0) is 29.9 Å². The fourth-order valence-corrected chi connectivity index (χ4v) is 1.72. The molecule has 1 aromatic carbocycles. The van der Waals surface area contributed by atoms with Crippen LogP contribution in [0.1, 0.15) is 5.56 Å². The van der Waals surface area contributed by atoms with E-state index in [-0.39, 0.29) is 0 Å². The van der Waals surface area contributed by atoms with E-state index in [1.165, 1.54) is 4.68 Å². The van der Waals surface area contributed by atoms with Gasteiger partial charge in [0.05, 0.1) is 17.9 Å². The van der Waals surface area contributed by atoms with Crippen molar-refractivity contribution >= 4 is 35.3 Å². The summed E-state index contributed by atoms with van der Waals surface area (Å²) in [7, 11) is 0. The van der Waals surface area contributed by atoms with Gasteiger partial charge in [0.15, 0.2) is 0 Å². The van der Waals surface area contributed by atoms with Crippen molar-refractivity contribution in [3.8, 4) is 0 Å². The molecule has 5 N–H and O–H groups in total. The molecule has 8 nitrogen and oxygen atoms in total. The molecule has 3 rings (SSSR count). The lowest BCUT2D eigenvalue weighted by Crippen LogP contribution is -2.11. The third-order valence-electron chi connectivity index (χ3n) is 2.55. The summed E-state index contributed by atoms with van der Waals surface area (Å²) in [6, 6.07) is 5.82. The van der Waals surface area contributed by atoms with Gasteiger partial charge in [0.1, 0.15) is 0 Å². The van der Waals surface area contributed by atoms with Crippen molar-refractivity contribution in [2.75, 3.05) is 11.3 Å². The quantitative estimate of drug-likeness (QED) is 0.246. The Morgan fingerprint density at radius 1 is 1.42 bits per heavy atom. The van der Waals surface area contributed by atoms with Gasteiger partial charge >= 0.3 is 0 Å². The molecule has 3 aromatic rings. The van der Waals surface area contributed by atoms with Crippen molar-refractivity contribution in [2.24, 2.45) is 5.10 Å². The minimum absolute atomic E-state index is 0.317. The molecule has 0 aliphatic heterocycles. The topological polar surface area (TPSA) is 113 Å². The van der Waals surface area contributed by atoms with Crippen LogP contribution in [0.5, 0.6) is 0 Å². The number of hydrogen-bond acceptors (Lipinski definition) is 6. The minimum Gasteiger partial charge on any atom is -0.334 e. The fraction of sp³-hybridized carbons (Fsp3) is 0. The van der Waals surface area contributed by atoms with Crippen LogP contribution in [-0.2, 0) is 0 Å². The summed E-state index contributed by atoms with van der Waals surface area (Å²) in [4.78, 5) is 0. The molecule has 9 heteroatoms. The zero-order chi connectivity index (χ0) is 13.2. The third-order valence-corrected chi connectivity index (χ3v) is 2.83. The zero-order valence-electron chi connectivity index (χ0n) is 9.66. The number of hydrogen-bond donors (Lipinski definition) is 4. The van der Waals surface area contributed by atoms with Crippen molar-refractivity contribution < 1.29 is 0 Å². The monoisotopic (exact) mass is 274 g/mol. The van der Waals surface area contributed by atoms with Crippen LogP contribution < -0.4 is 11.3 Å². The molecule has 0 aliphatic rings. The standard InChI is InChI=1S/C10H10N8S/c11-18-9(16-17-10(18)19)15-12-4-6-1-2-8-7(3-6)5-13-14-8/h1-5H,11H2,(H,13,14)(H,15,16)(H,17,19)/b12-4+. The van der Waals surface area contributed by atoms with E-state index in [0.29, 0.717) is 10.7 Å². The maximum atomic E-state index is 5.61. The van der Waals surface area contributed by atoms with Gasteiger partial charge in [-0.3, -0.25) is 5.10 Å². The maximum absolute atomic E-state index is 5.61. The molecule has 2 aromatic heterocycles. The number of nitrogens with one attached hydrogen (secondary N) is 3.